The average molecular weight is 596 g/mol. The second-order valence-electron chi connectivity index (χ2n) is 11.1. The number of hydrogen-bond donors (Lipinski definition) is 3. The number of nitrogens with one attached hydrogen (secondary N) is 1. The number of sulfonamides is 1. The Hall–Kier alpha value is -3.44. The van der Waals surface area contributed by atoms with Crippen LogP contribution in [0.5, 0.6) is 5.75 Å². The van der Waals surface area contributed by atoms with E-state index in [1.807, 2.05) is 68.4 Å². The SMILES string of the molecule is CC(C)CN(C[C@@H](O)[C@H](Cc1ccccc1)NC(=O)Cc1ccc(O[C@H]2CCOC2)cc1)S(=O)(=O)c1ccc(N)cc1. The summed E-state index contributed by atoms with van der Waals surface area (Å²) in [7, 11) is -3.92. The molecule has 1 amide bonds. The second-order valence-corrected chi connectivity index (χ2v) is 13.1. The van der Waals surface area contributed by atoms with E-state index < -0.39 is 22.2 Å². The zero-order valence-corrected chi connectivity index (χ0v) is 25.0. The van der Waals surface area contributed by atoms with Gasteiger partial charge in [0.1, 0.15) is 11.9 Å². The zero-order chi connectivity index (χ0) is 30.1. The van der Waals surface area contributed by atoms with E-state index in [4.69, 9.17) is 15.2 Å². The van der Waals surface area contributed by atoms with E-state index in [-0.39, 0.29) is 42.3 Å². The van der Waals surface area contributed by atoms with Crippen LogP contribution in [0.1, 0.15) is 31.4 Å². The minimum atomic E-state index is -3.92. The Labute approximate surface area is 248 Å². The fourth-order valence-electron chi connectivity index (χ4n) is 4.88. The maximum absolute atomic E-state index is 13.6. The summed E-state index contributed by atoms with van der Waals surface area (Å²) in [5, 5.41) is 14.4. The molecule has 226 valence electrons. The number of anilines is 1. The number of nitrogen functional groups attached to an aromatic ring is 1. The van der Waals surface area contributed by atoms with Gasteiger partial charge in [0.05, 0.1) is 36.7 Å². The molecule has 0 aliphatic carbocycles. The number of nitrogens with zero attached hydrogens (tertiary/aromatic N) is 1. The number of benzene rings is 3. The minimum Gasteiger partial charge on any atom is -0.488 e. The summed E-state index contributed by atoms with van der Waals surface area (Å²) in [6.45, 7) is 5.13. The molecule has 0 spiro atoms. The molecule has 0 saturated carbocycles. The molecule has 1 fully saturated rings. The molecule has 4 N–H and O–H groups in total. The van der Waals surface area contributed by atoms with Crippen LogP contribution in [0.3, 0.4) is 0 Å². The van der Waals surface area contributed by atoms with Crippen LogP contribution in [0, 0.1) is 5.92 Å². The van der Waals surface area contributed by atoms with Gasteiger partial charge in [-0.15, -0.1) is 0 Å². The number of ether oxygens (including phenoxy) is 2. The summed E-state index contributed by atoms with van der Waals surface area (Å²) in [6.07, 6.45) is 0.163. The molecule has 1 aliphatic rings. The van der Waals surface area contributed by atoms with Crippen molar-refractivity contribution in [1.82, 2.24) is 9.62 Å². The van der Waals surface area contributed by atoms with Gasteiger partial charge in [-0.1, -0.05) is 56.3 Å². The lowest BCUT2D eigenvalue weighted by Crippen LogP contribution is -2.51. The summed E-state index contributed by atoms with van der Waals surface area (Å²) < 4.78 is 39.7. The highest BCUT2D eigenvalue weighted by molar-refractivity contribution is 7.89. The molecule has 1 saturated heterocycles. The van der Waals surface area contributed by atoms with Gasteiger partial charge in [-0.3, -0.25) is 4.79 Å². The number of amides is 1. The largest absolute Gasteiger partial charge is 0.488 e. The minimum absolute atomic E-state index is 0.0102. The van der Waals surface area contributed by atoms with Crippen LogP contribution in [0.25, 0.3) is 0 Å². The standard InChI is InChI=1S/C32H41N3O6S/c1-23(2)20-35(42(38,39)29-14-10-26(33)11-15-29)21-31(36)30(18-24-6-4-3-5-7-24)34-32(37)19-25-8-12-27(13-9-25)41-28-16-17-40-22-28/h3-15,23,28,30-31,36H,16-22,33H2,1-2H3,(H,34,37)/t28-,30-,31+/m0/s1. The second kappa shape index (κ2) is 14.6. The van der Waals surface area contributed by atoms with Gasteiger partial charge in [0.2, 0.25) is 15.9 Å². The molecule has 0 radical (unpaired) electrons. The van der Waals surface area contributed by atoms with Gasteiger partial charge in [0.25, 0.3) is 0 Å². The Balaban J connectivity index is 1.47. The number of nitrogens with two attached hydrogens (primary N) is 1. The van der Waals surface area contributed by atoms with Crippen LogP contribution >= 0.6 is 0 Å². The van der Waals surface area contributed by atoms with E-state index in [2.05, 4.69) is 5.32 Å². The highest BCUT2D eigenvalue weighted by Crippen LogP contribution is 2.21. The lowest BCUT2D eigenvalue weighted by Gasteiger charge is -2.31. The van der Waals surface area contributed by atoms with Gasteiger partial charge in [-0.05, 0) is 59.9 Å². The van der Waals surface area contributed by atoms with Crippen molar-refractivity contribution in [2.75, 3.05) is 32.0 Å². The molecule has 3 atom stereocenters. The Kier molecular flexibility index (Phi) is 11.0. The van der Waals surface area contributed by atoms with E-state index in [0.29, 0.717) is 25.3 Å². The molecule has 42 heavy (non-hydrogen) atoms. The van der Waals surface area contributed by atoms with Gasteiger partial charge in [-0.2, -0.15) is 4.31 Å². The average Bonchev–Trinajstić information content (AvgIpc) is 3.47. The summed E-state index contributed by atoms with van der Waals surface area (Å²) in [5.41, 5.74) is 7.93. The van der Waals surface area contributed by atoms with Gasteiger partial charge in [0, 0.05) is 25.2 Å². The van der Waals surface area contributed by atoms with Gasteiger partial charge >= 0.3 is 0 Å². The van der Waals surface area contributed by atoms with Crippen LogP contribution in [0.15, 0.2) is 83.8 Å². The van der Waals surface area contributed by atoms with Crippen LogP contribution < -0.4 is 15.8 Å². The highest BCUT2D eigenvalue weighted by atomic mass is 32.2. The van der Waals surface area contributed by atoms with Crippen molar-refractivity contribution < 1.29 is 27.8 Å². The first-order valence-electron chi connectivity index (χ1n) is 14.3. The first-order valence-corrected chi connectivity index (χ1v) is 15.7. The van der Waals surface area contributed by atoms with Crippen LogP contribution in [0.4, 0.5) is 5.69 Å². The molecular weight excluding hydrogens is 554 g/mol. The Morgan fingerprint density at radius 1 is 1.02 bits per heavy atom. The zero-order valence-electron chi connectivity index (χ0n) is 24.2. The quantitative estimate of drug-likeness (QED) is 0.244. The lowest BCUT2D eigenvalue weighted by atomic mass is 10.00. The van der Waals surface area contributed by atoms with Gasteiger partial charge < -0.3 is 25.6 Å². The van der Waals surface area contributed by atoms with Crippen LogP contribution in [-0.4, -0.2) is 68.3 Å². The number of carbonyl (C=O) groups is 1. The molecule has 3 aromatic carbocycles. The van der Waals surface area contributed by atoms with E-state index in [1.165, 1.54) is 28.6 Å². The number of aliphatic hydroxyl groups excluding tert-OH is 1. The molecular formula is C32H41N3O6S. The summed E-state index contributed by atoms with van der Waals surface area (Å²) in [5.74, 6) is 0.459. The highest BCUT2D eigenvalue weighted by Gasteiger charge is 2.31. The van der Waals surface area contributed by atoms with Gasteiger partial charge in [-0.25, -0.2) is 8.42 Å². The number of carbonyl (C=O) groups excluding carboxylic acids is 1. The topological polar surface area (TPSA) is 131 Å². The van der Waals surface area contributed by atoms with E-state index in [0.717, 1.165) is 23.3 Å². The monoisotopic (exact) mass is 595 g/mol. The molecule has 10 heteroatoms. The number of rotatable bonds is 14. The first-order chi connectivity index (χ1) is 20.1. The van der Waals surface area contributed by atoms with Crippen molar-refractivity contribution in [3.05, 3.63) is 90.0 Å². The summed E-state index contributed by atoms with van der Waals surface area (Å²) in [4.78, 5) is 13.3. The molecule has 9 nitrogen and oxygen atoms in total. The van der Waals surface area contributed by atoms with Crippen molar-refractivity contribution in [2.24, 2.45) is 5.92 Å². The molecule has 0 unspecified atom stereocenters. The van der Waals surface area contributed by atoms with E-state index >= 15 is 0 Å². The molecule has 0 aromatic heterocycles. The lowest BCUT2D eigenvalue weighted by molar-refractivity contribution is -0.122. The number of hydrogen-bond acceptors (Lipinski definition) is 7. The van der Waals surface area contributed by atoms with Crippen molar-refractivity contribution in [3.63, 3.8) is 0 Å². The summed E-state index contributed by atoms with van der Waals surface area (Å²) >= 11 is 0. The molecule has 4 rings (SSSR count). The predicted octanol–water partition coefficient (Wildman–Crippen LogP) is 3.41. The smallest absolute Gasteiger partial charge is 0.243 e. The maximum atomic E-state index is 13.6. The fourth-order valence-corrected chi connectivity index (χ4v) is 6.50. The third kappa shape index (κ3) is 9.03. The third-order valence-electron chi connectivity index (χ3n) is 7.07. The normalized spacial score (nSPS) is 16.8. The first kappa shape index (κ1) is 31.5. The van der Waals surface area contributed by atoms with Crippen LogP contribution in [0.2, 0.25) is 0 Å². The fraction of sp³-hybridized carbons (Fsp3) is 0.406. The Morgan fingerprint density at radius 2 is 1.71 bits per heavy atom. The maximum Gasteiger partial charge on any atom is 0.243 e. The summed E-state index contributed by atoms with van der Waals surface area (Å²) in [6, 6.07) is 22.1. The Bertz CT molecular complexity index is 1380. The molecule has 0 bridgehead atoms. The van der Waals surface area contributed by atoms with Crippen molar-refractivity contribution >= 4 is 21.6 Å². The van der Waals surface area contributed by atoms with E-state index in [9.17, 15) is 18.3 Å². The predicted molar refractivity (Wildman–Crippen MR) is 163 cm³/mol. The van der Waals surface area contributed by atoms with Crippen LogP contribution in [-0.2, 0) is 32.4 Å². The van der Waals surface area contributed by atoms with Crippen molar-refractivity contribution in [3.8, 4) is 5.75 Å². The van der Waals surface area contributed by atoms with Crippen molar-refractivity contribution in [2.45, 2.75) is 56.3 Å². The van der Waals surface area contributed by atoms with Gasteiger partial charge in [0.15, 0.2) is 0 Å². The molecule has 1 heterocycles. The Morgan fingerprint density at radius 3 is 2.33 bits per heavy atom. The number of aliphatic hydroxyl groups is 1. The molecule has 1 aliphatic heterocycles. The third-order valence-corrected chi connectivity index (χ3v) is 8.91. The van der Waals surface area contributed by atoms with E-state index in [1.54, 1.807) is 0 Å². The molecule has 3 aromatic rings. The van der Waals surface area contributed by atoms with Crippen molar-refractivity contribution in [1.29, 1.82) is 0 Å².